The molecule has 0 saturated carbocycles. The first kappa shape index (κ1) is 23.7. The number of benzene rings is 2. The average Bonchev–Trinajstić information content (AvgIpc) is 3.18. The van der Waals surface area contributed by atoms with Gasteiger partial charge in [0, 0.05) is 25.4 Å². The zero-order chi connectivity index (χ0) is 24.1. The highest BCUT2D eigenvalue weighted by Gasteiger charge is 2.32. The topological polar surface area (TPSA) is 95.9 Å². The van der Waals surface area contributed by atoms with Crippen LogP contribution in [0.15, 0.2) is 48.5 Å². The molecule has 180 valence electrons. The Bertz CT molecular complexity index is 1010. The third-order valence-electron chi connectivity index (χ3n) is 6.73. The Morgan fingerprint density at radius 1 is 1.03 bits per heavy atom. The molecule has 1 atom stereocenters. The van der Waals surface area contributed by atoms with Crippen molar-refractivity contribution in [3.8, 4) is 11.1 Å². The van der Waals surface area contributed by atoms with Gasteiger partial charge in [0.2, 0.25) is 5.91 Å². The summed E-state index contributed by atoms with van der Waals surface area (Å²) < 4.78 is 18.4. The number of nitrogens with one attached hydrogen (secondary N) is 1. The fourth-order valence-corrected chi connectivity index (χ4v) is 4.84. The van der Waals surface area contributed by atoms with Crippen molar-refractivity contribution < 1.29 is 28.6 Å². The first-order chi connectivity index (χ1) is 16.5. The van der Waals surface area contributed by atoms with Crippen molar-refractivity contribution in [2.45, 2.75) is 37.6 Å². The maximum Gasteiger partial charge on any atom is 0.407 e. The summed E-state index contributed by atoms with van der Waals surface area (Å²) in [5.41, 5.74) is 4.37. The quantitative estimate of drug-likeness (QED) is 0.611. The Balaban J connectivity index is 1.40. The molecule has 1 aliphatic heterocycles. The lowest BCUT2D eigenvalue weighted by atomic mass is 9.97. The minimum absolute atomic E-state index is 0.0403. The molecule has 0 spiro atoms. The fourth-order valence-electron chi connectivity index (χ4n) is 4.84. The van der Waals surface area contributed by atoms with Gasteiger partial charge >= 0.3 is 12.1 Å². The van der Waals surface area contributed by atoms with Crippen molar-refractivity contribution in [1.82, 2.24) is 10.2 Å². The van der Waals surface area contributed by atoms with Crippen LogP contribution in [0.2, 0.25) is 0 Å². The van der Waals surface area contributed by atoms with Crippen molar-refractivity contribution in [2.75, 3.05) is 26.4 Å². The Morgan fingerprint density at radius 2 is 1.62 bits per heavy atom. The van der Waals surface area contributed by atoms with Crippen molar-refractivity contribution in [1.29, 1.82) is 0 Å². The minimum atomic E-state index is -1.05. The lowest BCUT2D eigenvalue weighted by Crippen LogP contribution is -2.51. The van der Waals surface area contributed by atoms with Gasteiger partial charge in [-0.05, 0) is 47.4 Å². The lowest BCUT2D eigenvalue weighted by molar-refractivity contribution is -0.138. The second-order valence-electron chi connectivity index (χ2n) is 8.88. The van der Waals surface area contributed by atoms with E-state index in [2.05, 4.69) is 5.32 Å². The first-order valence-corrected chi connectivity index (χ1v) is 11.7. The summed E-state index contributed by atoms with van der Waals surface area (Å²) >= 11 is 0. The summed E-state index contributed by atoms with van der Waals surface area (Å²) in [5.74, 6) is -1.59. The van der Waals surface area contributed by atoms with Gasteiger partial charge < -0.3 is 20.1 Å². The molecule has 1 unspecified atom stereocenters. The number of piperidine rings is 1. The number of likely N-dealkylation sites (tertiary alicyclic amines) is 1. The molecular formula is C26H29FN2O5. The predicted octanol–water partition coefficient (Wildman–Crippen LogP) is 3.97. The van der Waals surface area contributed by atoms with Gasteiger partial charge in [-0.1, -0.05) is 48.5 Å². The number of nitrogens with zero attached hydrogens (tertiary/aromatic N) is 1. The second-order valence-corrected chi connectivity index (χ2v) is 8.88. The standard InChI is InChI=1S/C26H29FN2O5/c27-15-17-11-13-29(14-12-17)25(32)23(9-10-24(30)31)28-26(33)34-16-22-20-7-3-1-5-18(20)19-6-2-4-8-21(19)22/h1-8,17,22-23H,9-16H2,(H,28,33)(H,30,31). The molecule has 0 bridgehead atoms. The maximum absolute atomic E-state index is 13.0. The molecule has 8 heteroatoms. The minimum Gasteiger partial charge on any atom is -0.481 e. The van der Waals surface area contributed by atoms with Crippen molar-refractivity contribution in [3.05, 3.63) is 59.7 Å². The molecule has 4 rings (SSSR count). The van der Waals surface area contributed by atoms with E-state index in [1.165, 1.54) is 0 Å². The third kappa shape index (κ3) is 5.21. The molecule has 34 heavy (non-hydrogen) atoms. The molecule has 2 N–H and O–H groups in total. The first-order valence-electron chi connectivity index (χ1n) is 11.7. The smallest absolute Gasteiger partial charge is 0.407 e. The molecule has 0 radical (unpaired) electrons. The Morgan fingerprint density at radius 3 is 2.18 bits per heavy atom. The van der Waals surface area contributed by atoms with E-state index in [1.807, 2.05) is 48.5 Å². The van der Waals surface area contributed by atoms with Gasteiger partial charge in [-0.3, -0.25) is 14.0 Å². The SMILES string of the molecule is O=C(O)CCC(NC(=O)OCC1c2ccccc2-c2ccccc21)C(=O)N1CCC(CF)CC1. The van der Waals surface area contributed by atoms with Crippen LogP contribution in [-0.2, 0) is 14.3 Å². The van der Waals surface area contributed by atoms with E-state index in [1.54, 1.807) is 4.90 Å². The fraction of sp³-hybridized carbons (Fsp3) is 0.423. The average molecular weight is 469 g/mol. The summed E-state index contributed by atoms with van der Waals surface area (Å²) in [6.07, 6.45) is 0.0457. The highest BCUT2D eigenvalue weighted by atomic mass is 19.1. The molecule has 2 aromatic carbocycles. The number of halogens is 1. The lowest BCUT2D eigenvalue weighted by Gasteiger charge is -2.33. The molecular weight excluding hydrogens is 439 g/mol. The van der Waals surface area contributed by atoms with Crippen LogP contribution in [0.3, 0.4) is 0 Å². The number of hydrogen-bond acceptors (Lipinski definition) is 4. The Hall–Kier alpha value is -3.42. The number of alkyl carbamates (subject to hydrolysis) is 1. The van der Waals surface area contributed by atoms with Crippen LogP contribution >= 0.6 is 0 Å². The van der Waals surface area contributed by atoms with E-state index in [-0.39, 0.29) is 37.2 Å². The van der Waals surface area contributed by atoms with Crippen molar-refractivity contribution in [3.63, 3.8) is 0 Å². The number of carboxylic acids is 1. The summed E-state index contributed by atoms with van der Waals surface area (Å²) in [6, 6.07) is 15.0. The zero-order valence-corrected chi connectivity index (χ0v) is 18.9. The largest absolute Gasteiger partial charge is 0.481 e. The molecule has 2 aliphatic rings. The van der Waals surface area contributed by atoms with Crippen LogP contribution in [0.1, 0.15) is 42.7 Å². The summed E-state index contributed by atoms with van der Waals surface area (Å²) in [7, 11) is 0. The van der Waals surface area contributed by atoms with E-state index in [0.29, 0.717) is 25.9 Å². The van der Waals surface area contributed by atoms with Crippen LogP contribution in [0.25, 0.3) is 11.1 Å². The highest BCUT2D eigenvalue weighted by Crippen LogP contribution is 2.44. The molecule has 1 heterocycles. The van der Waals surface area contributed by atoms with E-state index >= 15 is 0 Å². The number of carboxylic acid groups (broad SMARTS) is 1. The summed E-state index contributed by atoms with van der Waals surface area (Å²) in [6.45, 7) is 0.469. The highest BCUT2D eigenvalue weighted by molar-refractivity contribution is 5.86. The number of alkyl halides is 1. The van der Waals surface area contributed by atoms with Crippen molar-refractivity contribution >= 4 is 18.0 Å². The van der Waals surface area contributed by atoms with Crippen LogP contribution in [0.5, 0.6) is 0 Å². The third-order valence-corrected chi connectivity index (χ3v) is 6.73. The van der Waals surface area contributed by atoms with E-state index in [4.69, 9.17) is 9.84 Å². The molecule has 0 aromatic heterocycles. The number of ether oxygens (including phenoxy) is 1. The predicted molar refractivity (Wildman–Crippen MR) is 124 cm³/mol. The number of carbonyl (C=O) groups excluding carboxylic acids is 2. The number of rotatable bonds is 8. The molecule has 1 fully saturated rings. The van der Waals surface area contributed by atoms with Gasteiger partial charge in [0.1, 0.15) is 12.6 Å². The molecule has 7 nitrogen and oxygen atoms in total. The van der Waals surface area contributed by atoms with Gasteiger partial charge in [-0.15, -0.1) is 0 Å². The molecule has 2 amide bonds. The maximum atomic E-state index is 13.0. The second kappa shape index (κ2) is 10.7. The van der Waals surface area contributed by atoms with Crippen LogP contribution in [0, 0.1) is 5.92 Å². The van der Waals surface area contributed by atoms with Crippen LogP contribution in [0.4, 0.5) is 9.18 Å². The molecule has 1 saturated heterocycles. The van der Waals surface area contributed by atoms with Crippen molar-refractivity contribution in [2.24, 2.45) is 5.92 Å². The Labute approximate surface area is 197 Å². The van der Waals surface area contributed by atoms with Gasteiger partial charge in [0.15, 0.2) is 0 Å². The van der Waals surface area contributed by atoms with E-state index < -0.39 is 24.8 Å². The van der Waals surface area contributed by atoms with Gasteiger partial charge in [0.05, 0.1) is 6.67 Å². The Kier molecular flexibility index (Phi) is 7.45. The van der Waals surface area contributed by atoms with Gasteiger partial charge in [-0.2, -0.15) is 0 Å². The number of aliphatic carboxylic acids is 1. The monoisotopic (exact) mass is 468 g/mol. The van der Waals surface area contributed by atoms with E-state index in [9.17, 15) is 18.8 Å². The zero-order valence-electron chi connectivity index (χ0n) is 18.9. The number of amides is 2. The summed E-state index contributed by atoms with van der Waals surface area (Å²) in [4.78, 5) is 38.3. The van der Waals surface area contributed by atoms with E-state index in [0.717, 1.165) is 22.3 Å². The number of hydrogen-bond donors (Lipinski definition) is 2. The van der Waals surface area contributed by atoms with Gasteiger partial charge in [0.25, 0.3) is 0 Å². The molecule has 1 aliphatic carbocycles. The summed E-state index contributed by atoms with van der Waals surface area (Å²) in [5, 5.41) is 11.7. The van der Waals surface area contributed by atoms with Crippen LogP contribution in [-0.4, -0.2) is 60.4 Å². The number of fused-ring (bicyclic) bond motifs is 3. The molecule has 2 aromatic rings. The van der Waals surface area contributed by atoms with Crippen LogP contribution < -0.4 is 5.32 Å². The van der Waals surface area contributed by atoms with Gasteiger partial charge in [-0.25, -0.2) is 4.79 Å². The normalized spacial score (nSPS) is 16.4. The number of carbonyl (C=O) groups is 3.